The molecular formula is C12H15NO5. The first-order valence-electron chi connectivity index (χ1n) is 5.31. The molecular weight excluding hydrogens is 238 g/mol. The fourth-order valence-electron chi connectivity index (χ4n) is 1.26. The summed E-state index contributed by atoms with van der Waals surface area (Å²) in [6.45, 7) is 1.77. The highest BCUT2D eigenvalue weighted by atomic mass is 16.5. The number of carbonyl (C=O) groups is 2. The third-order valence-corrected chi connectivity index (χ3v) is 2.07. The molecule has 1 N–H and O–H groups in total. The minimum atomic E-state index is -0.931. The second-order valence-electron chi connectivity index (χ2n) is 3.28. The molecule has 6 nitrogen and oxygen atoms in total. The van der Waals surface area contributed by atoms with Gasteiger partial charge in [-0.15, -0.1) is 0 Å². The van der Waals surface area contributed by atoms with Gasteiger partial charge in [-0.25, -0.2) is 4.79 Å². The van der Waals surface area contributed by atoms with Crippen LogP contribution in [0.3, 0.4) is 0 Å². The lowest BCUT2D eigenvalue weighted by molar-refractivity contribution is -0.152. The Bertz CT molecular complexity index is 422. The Morgan fingerprint density at radius 1 is 1.11 bits per heavy atom. The zero-order chi connectivity index (χ0) is 13.5. The first kappa shape index (κ1) is 13.8. The van der Waals surface area contributed by atoms with Gasteiger partial charge in [0, 0.05) is 23.9 Å². The van der Waals surface area contributed by atoms with E-state index >= 15 is 0 Å². The fraction of sp³-hybridized carbons (Fsp3) is 0.333. The van der Waals surface area contributed by atoms with E-state index in [-0.39, 0.29) is 6.61 Å². The zero-order valence-electron chi connectivity index (χ0n) is 10.5. The average molecular weight is 253 g/mol. The normalized spacial score (nSPS) is 9.50. The minimum Gasteiger partial charge on any atom is -0.497 e. The molecule has 0 saturated carbocycles. The molecule has 18 heavy (non-hydrogen) atoms. The third-order valence-electron chi connectivity index (χ3n) is 2.07. The van der Waals surface area contributed by atoms with Crippen LogP contribution in [0.2, 0.25) is 0 Å². The summed E-state index contributed by atoms with van der Waals surface area (Å²) in [6.07, 6.45) is 0. The Morgan fingerprint density at radius 3 is 2.11 bits per heavy atom. The predicted molar refractivity (Wildman–Crippen MR) is 64.8 cm³/mol. The van der Waals surface area contributed by atoms with Gasteiger partial charge in [0.2, 0.25) is 0 Å². The molecule has 1 rings (SSSR count). The Labute approximate surface area is 105 Å². The van der Waals surface area contributed by atoms with E-state index in [1.165, 1.54) is 14.2 Å². The molecule has 1 aromatic carbocycles. The molecule has 0 aliphatic heterocycles. The average Bonchev–Trinajstić information content (AvgIpc) is 2.38. The van der Waals surface area contributed by atoms with Crippen molar-refractivity contribution in [2.45, 2.75) is 6.92 Å². The maximum Gasteiger partial charge on any atom is 0.397 e. The summed E-state index contributed by atoms with van der Waals surface area (Å²) in [5.41, 5.74) is 0.393. The highest BCUT2D eigenvalue weighted by Gasteiger charge is 2.15. The Balaban J connectivity index is 2.83. The molecule has 0 atom stereocenters. The number of amides is 1. The minimum absolute atomic E-state index is 0.147. The van der Waals surface area contributed by atoms with Gasteiger partial charge in [-0.05, 0) is 6.92 Å². The number of hydrogen-bond donors (Lipinski definition) is 1. The molecule has 0 radical (unpaired) electrons. The van der Waals surface area contributed by atoms with Crippen molar-refractivity contribution in [2.24, 2.45) is 0 Å². The Hall–Kier alpha value is -2.24. The number of benzene rings is 1. The summed E-state index contributed by atoms with van der Waals surface area (Å²) in [6, 6.07) is 4.79. The second kappa shape index (κ2) is 6.48. The van der Waals surface area contributed by atoms with E-state index < -0.39 is 11.9 Å². The summed E-state index contributed by atoms with van der Waals surface area (Å²) >= 11 is 0. The number of esters is 1. The summed E-state index contributed by atoms with van der Waals surface area (Å²) in [5.74, 6) is -0.756. The van der Waals surface area contributed by atoms with Gasteiger partial charge >= 0.3 is 11.9 Å². The van der Waals surface area contributed by atoms with Crippen molar-refractivity contribution in [3.8, 4) is 11.5 Å². The smallest absolute Gasteiger partial charge is 0.397 e. The lowest BCUT2D eigenvalue weighted by atomic mass is 10.2. The van der Waals surface area contributed by atoms with Gasteiger partial charge in [0.1, 0.15) is 11.5 Å². The van der Waals surface area contributed by atoms with Crippen LogP contribution in [0.1, 0.15) is 6.92 Å². The number of rotatable bonds is 4. The number of ether oxygens (including phenoxy) is 3. The summed E-state index contributed by atoms with van der Waals surface area (Å²) in [4.78, 5) is 22.6. The largest absolute Gasteiger partial charge is 0.497 e. The molecule has 0 aliphatic rings. The van der Waals surface area contributed by atoms with Crippen molar-refractivity contribution in [1.82, 2.24) is 0 Å². The molecule has 0 aromatic heterocycles. The fourth-order valence-corrected chi connectivity index (χ4v) is 1.26. The van der Waals surface area contributed by atoms with Crippen LogP contribution in [0.25, 0.3) is 0 Å². The van der Waals surface area contributed by atoms with E-state index in [1.54, 1.807) is 25.1 Å². The molecule has 0 spiro atoms. The van der Waals surface area contributed by atoms with Crippen LogP contribution in [0, 0.1) is 0 Å². The third kappa shape index (κ3) is 3.65. The number of methoxy groups -OCH3 is 2. The first-order valence-corrected chi connectivity index (χ1v) is 5.31. The lowest BCUT2D eigenvalue weighted by Gasteiger charge is -2.09. The number of anilines is 1. The molecule has 0 fully saturated rings. The Kier molecular flexibility index (Phi) is 4.98. The molecule has 0 aliphatic carbocycles. The van der Waals surface area contributed by atoms with Gasteiger partial charge in [-0.3, -0.25) is 4.79 Å². The maximum absolute atomic E-state index is 11.4. The van der Waals surface area contributed by atoms with E-state index in [9.17, 15) is 9.59 Å². The molecule has 0 bridgehead atoms. The van der Waals surface area contributed by atoms with Crippen LogP contribution < -0.4 is 14.8 Å². The first-order chi connectivity index (χ1) is 8.60. The van der Waals surface area contributed by atoms with Gasteiger partial charge in [-0.2, -0.15) is 0 Å². The molecule has 98 valence electrons. The van der Waals surface area contributed by atoms with Gasteiger partial charge < -0.3 is 19.5 Å². The van der Waals surface area contributed by atoms with Crippen molar-refractivity contribution < 1.29 is 23.8 Å². The van der Waals surface area contributed by atoms with Crippen LogP contribution in [0.15, 0.2) is 18.2 Å². The highest BCUT2D eigenvalue weighted by molar-refractivity contribution is 6.37. The predicted octanol–water partition coefficient (Wildman–Crippen LogP) is 1.21. The van der Waals surface area contributed by atoms with Gasteiger partial charge in [-0.1, -0.05) is 0 Å². The standard InChI is InChI=1S/C12H15NO5/c1-4-18-12(15)11(14)13-8-5-9(16-2)7-10(6-8)17-3/h5-7H,4H2,1-3H3,(H,13,14). The number of nitrogens with one attached hydrogen (secondary N) is 1. The zero-order valence-corrected chi connectivity index (χ0v) is 10.5. The monoisotopic (exact) mass is 253 g/mol. The molecule has 1 aromatic rings. The van der Waals surface area contributed by atoms with Crippen LogP contribution in [0.5, 0.6) is 11.5 Å². The van der Waals surface area contributed by atoms with Crippen molar-refractivity contribution in [2.75, 3.05) is 26.1 Å². The van der Waals surface area contributed by atoms with Gasteiger partial charge in [0.05, 0.1) is 20.8 Å². The second-order valence-corrected chi connectivity index (χ2v) is 3.28. The molecule has 0 saturated heterocycles. The lowest BCUT2D eigenvalue weighted by Crippen LogP contribution is -2.24. The maximum atomic E-state index is 11.4. The van der Waals surface area contributed by atoms with Crippen LogP contribution >= 0.6 is 0 Å². The highest BCUT2D eigenvalue weighted by Crippen LogP contribution is 2.25. The van der Waals surface area contributed by atoms with Crippen molar-refractivity contribution in [1.29, 1.82) is 0 Å². The SMILES string of the molecule is CCOC(=O)C(=O)Nc1cc(OC)cc(OC)c1. The Morgan fingerprint density at radius 2 is 1.67 bits per heavy atom. The van der Waals surface area contributed by atoms with Crippen LogP contribution in [-0.4, -0.2) is 32.7 Å². The molecule has 1 amide bonds. The number of carbonyl (C=O) groups excluding carboxylic acids is 2. The van der Waals surface area contributed by atoms with Gasteiger partial charge in [0.25, 0.3) is 0 Å². The van der Waals surface area contributed by atoms with Crippen LogP contribution in [0.4, 0.5) is 5.69 Å². The van der Waals surface area contributed by atoms with Crippen molar-refractivity contribution >= 4 is 17.6 Å². The topological polar surface area (TPSA) is 73.9 Å². The summed E-state index contributed by atoms with van der Waals surface area (Å²) in [7, 11) is 2.98. The van der Waals surface area contributed by atoms with E-state index in [1.807, 2.05) is 0 Å². The van der Waals surface area contributed by atoms with Gasteiger partial charge in [0.15, 0.2) is 0 Å². The number of hydrogen-bond acceptors (Lipinski definition) is 5. The van der Waals surface area contributed by atoms with E-state index in [2.05, 4.69) is 10.1 Å². The summed E-state index contributed by atoms with van der Waals surface area (Å²) in [5, 5.41) is 2.40. The molecule has 6 heteroatoms. The molecule has 0 heterocycles. The molecule has 0 unspecified atom stereocenters. The van der Waals surface area contributed by atoms with E-state index in [0.29, 0.717) is 17.2 Å². The van der Waals surface area contributed by atoms with Crippen molar-refractivity contribution in [3.63, 3.8) is 0 Å². The van der Waals surface area contributed by atoms with Crippen LogP contribution in [-0.2, 0) is 14.3 Å². The van der Waals surface area contributed by atoms with E-state index in [4.69, 9.17) is 9.47 Å². The van der Waals surface area contributed by atoms with Crippen molar-refractivity contribution in [3.05, 3.63) is 18.2 Å². The van der Waals surface area contributed by atoms with E-state index in [0.717, 1.165) is 0 Å². The summed E-state index contributed by atoms with van der Waals surface area (Å²) < 4.78 is 14.7. The quantitative estimate of drug-likeness (QED) is 0.644.